The summed E-state index contributed by atoms with van der Waals surface area (Å²) in [5.41, 5.74) is 0.400. The molecule has 9 heteroatoms. The van der Waals surface area contributed by atoms with Crippen molar-refractivity contribution in [3.05, 3.63) is 51.2 Å². The molecule has 0 radical (unpaired) electrons. The highest BCUT2D eigenvalue weighted by Gasteiger charge is 2.27. The lowest BCUT2D eigenvalue weighted by molar-refractivity contribution is 0.0708. The van der Waals surface area contributed by atoms with Gasteiger partial charge in [0.25, 0.3) is 5.91 Å². The van der Waals surface area contributed by atoms with Crippen LogP contribution in [-0.2, 0) is 13.1 Å². The van der Waals surface area contributed by atoms with Crippen LogP contribution in [0.25, 0.3) is 10.8 Å². The number of benzene rings is 1. The predicted molar refractivity (Wildman–Crippen MR) is 92.3 cm³/mol. The first kappa shape index (κ1) is 15.6. The normalized spacial score (nSPS) is 13.8. The van der Waals surface area contributed by atoms with Gasteiger partial charge in [-0.2, -0.15) is 0 Å². The van der Waals surface area contributed by atoms with Gasteiger partial charge in [0.2, 0.25) is 0 Å². The Balaban J connectivity index is 1.61. The topological polar surface area (TPSA) is 63.9 Å². The van der Waals surface area contributed by atoms with Crippen molar-refractivity contribution in [2.75, 3.05) is 6.54 Å². The van der Waals surface area contributed by atoms with E-state index in [9.17, 15) is 4.79 Å². The molecule has 6 nitrogen and oxygen atoms in total. The van der Waals surface area contributed by atoms with Crippen molar-refractivity contribution in [2.24, 2.45) is 0 Å². The van der Waals surface area contributed by atoms with Gasteiger partial charge >= 0.3 is 0 Å². The summed E-state index contributed by atoms with van der Waals surface area (Å²) in [5, 5.41) is 11.8. The van der Waals surface area contributed by atoms with Gasteiger partial charge in [0, 0.05) is 24.7 Å². The third-order valence-electron chi connectivity index (χ3n) is 3.85. The van der Waals surface area contributed by atoms with Gasteiger partial charge in [-0.15, -0.1) is 21.5 Å². The van der Waals surface area contributed by atoms with E-state index in [1.807, 2.05) is 9.95 Å². The average Bonchev–Trinajstić information content (AvgIpc) is 3.25. The van der Waals surface area contributed by atoms with Gasteiger partial charge in [-0.1, -0.05) is 29.3 Å². The second kappa shape index (κ2) is 6.16. The highest BCUT2D eigenvalue weighted by Crippen LogP contribution is 2.28. The average molecular weight is 380 g/mol. The van der Waals surface area contributed by atoms with Crippen molar-refractivity contribution in [1.82, 2.24) is 24.6 Å². The maximum atomic E-state index is 12.7. The van der Waals surface area contributed by atoms with Gasteiger partial charge in [0.05, 0.1) is 22.2 Å². The molecule has 1 amide bonds. The Kier molecular flexibility index (Phi) is 3.99. The molecule has 3 heterocycles. The van der Waals surface area contributed by atoms with E-state index in [0.717, 1.165) is 16.7 Å². The molecule has 0 N–H and O–H groups in total. The van der Waals surface area contributed by atoms with E-state index >= 15 is 0 Å². The van der Waals surface area contributed by atoms with Crippen LogP contribution in [0.15, 0.2) is 29.8 Å². The number of thiazole rings is 1. The van der Waals surface area contributed by atoms with Crippen LogP contribution in [0.2, 0.25) is 10.0 Å². The van der Waals surface area contributed by atoms with E-state index < -0.39 is 0 Å². The summed E-state index contributed by atoms with van der Waals surface area (Å²) in [4.78, 5) is 18.7. The molecule has 1 aliphatic rings. The fourth-order valence-electron chi connectivity index (χ4n) is 2.66. The van der Waals surface area contributed by atoms with Gasteiger partial charge in [-0.3, -0.25) is 4.79 Å². The van der Waals surface area contributed by atoms with E-state index in [4.69, 9.17) is 23.2 Å². The predicted octanol–water partition coefficient (Wildman–Crippen LogP) is 3.36. The summed E-state index contributed by atoms with van der Waals surface area (Å²) in [6, 6.07) is 5.05. The Morgan fingerprint density at radius 1 is 1.21 bits per heavy atom. The SMILES string of the molecule is O=C(c1cccc(Cl)c1Cl)N1CCn2c(nnc2-c2nccs2)C1. The van der Waals surface area contributed by atoms with Crippen molar-refractivity contribution in [3.8, 4) is 10.8 Å². The standard InChI is InChI=1S/C15H11Cl2N5OS/c16-10-3-1-2-9(12(10)17)15(23)21-5-6-22-11(8-21)19-20-13(22)14-18-4-7-24-14/h1-4,7H,5-6,8H2. The lowest BCUT2D eigenvalue weighted by atomic mass is 10.2. The van der Waals surface area contributed by atoms with Crippen molar-refractivity contribution >= 4 is 40.4 Å². The number of aromatic nitrogens is 4. The smallest absolute Gasteiger partial charge is 0.255 e. The number of hydrogen-bond donors (Lipinski definition) is 0. The number of halogens is 2. The molecule has 0 atom stereocenters. The van der Waals surface area contributed by atoms with E-state index in [-0.39, 0.29) is 10.9 Å². The zero-order valence-electron chi connectivity index (χ0n) is 12.3. The zero-order valence-corrected chi connectivity index (χ0v) is 14.6. The molecule has 1 aliphatic heterocycles. The fraction of sp³-hybridized carbons (Fsp3) is 0.200. The molecule has 24 heavy (non-hydrogen) atoms. The molecule has 0 fully saturated rings. The van der Waals surface area contributed by atoms with Crippen molar-refractivity contribution in [1.29, 1.82) is 0 Å². The fourth-order valence-corrected chi connectivity index (χ4v) is 3.67. The van der Waals surface area contributed by atoms with Gasteiger partial charge in [0.1, 0.15) is 0 Å². The second-order valence-corrected chi connectivity index (χ2v) is 6.94. The monoisotopic (exact) mass is 379 g/mol. The molecule has 2 aromatic heterocycles. The highest BCUT2D eigenvalue weighted by atomic mass is 35.5. The molecule has 0 bridgehead atoms. The first-order chi connectivity index (χ1) is 11.6. The molecule has 1 aromatic carbocycles. The van der Waals surface area contributed by atoms with Crippen LogP contribution < -0.4 is 0 Å². The lowest BCUT2D eigenvalue weighted by Gasteiger charge is -2.28. The summed E-state index contributed by atoms with van der Waals surface area (Å²) in [6.45, 7) is 1.53. The van der Waals surface area contributed by atoms with Gasteiger partial charge in [0.15, 0.2) is 16.7 Å². The number of fused-ring (bicyclic) bond motifs is 1. The van der Waals surface area contributed by atoms with E-state index in [1.165, 1.54) is 11.3 Å². The van der Waals surface area contributed by atoms with Crippen LogP contribution in [0, 0.1) is 0 Å². The Bertz CT molecular complexity index is 909. The maximum Gasteiger partial charge on any atom is 0.255 e. The summed E-state index contributed by atoms with van der Waals surface area (Å²) in [6.07, 6.45) is 1.74. The molecule has 0 unspecified atom stereocenters. The molecular formula is C15H11Cl2N5OS. The third-order valence-corrected chi connectivity index (χ3v) is 5.43. The Hall–Kier alpha value is -1.96. The zero-order chi connectivity index (χ0) is 16.7. The van der Waals surface area contributed by atoms with E-state index in [2.05, 4.69) is 15.2 Å². The number of carbonyl (C=O) groups is 1. The van der Waals surface area contributed by atoms with Crippen molar-refractivity contribution in [3.63, 3.8) is 0 Å². The molecule has 3 aromatic rings. The quantitative estimate of drug-likeness (QED) is 0.684. The Morgan fingerprint density at radius 3 is 2.88 bits per heavy atom. The third kappa shape index (κ3) is 2.58. The van der Waals surface area contributed by atoms with Crippen LogP contribution in [-0.4, -0.2) is 37.1 Å². The van der Waals surface area contributed by atoms with Crippen LogP contribution in [0.3, 0.4) is 0 Å². The molecule has 0 aliphatic carbocycles. The summed E-state index contributed by atoms with van der Waals surface area (Å²) in [5.74, 6) is 1.32. The maximum absolute atomic E-state index is 12.7. The first-order valence-corrected chi connectivity index (χ1v) is 8.84. The van der Waals surface area contributed by atoms with Crippen molar-refractivity contribution < 1.29 is 4.79 Å². The van der Waals surface area contributed by atoms with Crippen LogP contribution in [0.4, 0.5) is 0 Å². The summed E-state index contributed by atoms with van der Waals surface area (Å²) in [7, 11) is 0. The molecule has 0 saturated carbocycles. The first-order valence-electron chi connectivity index (χ1n) is 7.20. The molecule has 4 rings (SSSR count). The number of amides is 1. The highest BCUT2D eigenvalue weighted by molar-refractivity contribution is 7.13. The largest absolute Gasteiger partial charge is 0.329 e. The van der Waals surface area contributed by atoms with E-state index in [1.54, 1.807) is 29.3 Å². The van der Waals surface area contributed by atoms with Crippen LogP contribution >= 0.6 is 34.5 Å². The lowest BCUT2D eigenvalue weighted by Crippen LogP contribution is -2.38. The molecule has 0 saturated heterocycles. The minimum absolute atomic E-state index is 0.160. The number of nitrogens with zero attached hydrogens (tertiary/aromatic N) is 5. The minimum atomic E-state index is -0.160. The Labute approximate surface area is 151 Å². The van der Waals surface area contributed by atoms with Crippen LogP contribution in [0.5, 0.6) is 0 Å². The Morgan fingerprint density at radius 2 is 2.08 bits per heavy atom. The van der Waals surface area contributed by atoms with Gasteiger partial charge < -0.3 is 9.47 Å². The minimum Gasteiger partial charge on any atom is -0.329 e. The van der Waals surface area contributed by atoms with E-state index in [0.29, 0.717) is 30.2 Å². The number of hydrogen-bond acceptors (Lipinski definition) is 5. The van der Waals surface area contributed by atoms with Crippen LogP contribution in [0.1, 0.15) is 16.2 Å². The summed E-state index contributed by atoms with van der Waals surface area (Å²) < 4.78 is 2.00. The molecule has 0 spiro atoms. The number of carbonyl (C=O) groups excluding carboxylic acids is 1. The van der Waals surface area contributed by atoms with Gasteiger partial charge in [-0.05, 0) is 12.1 Å². The molecular weight excluding hydrogens is 369 g/mol. The second-order valence-electron chi connectivity index (χ2n) is 5.26. The number of rotatable bonds is 2. The summed E-state index contributed by atoms with van der Waals surface area (Å²) >= 11 is 13.7. The van der Waals surface area contributed by atoms with Crippen molar-refractivity contribution in [2.45, 2.75) is 13.1 Å². The molecule has 122 valence electrons. The van der Waals surface area contributed by atoms with Gasteiger partial charge in [-0.25, -0.2) is 4.98 Å².